The summed E-state index contributed by atoms with van der Waals surface area (Å²) in [4.78, 5) is 17.4. The molecule has 2 heterocycles. The average molecular weight is 556 g/mol. The number of likely N-dealkylation sites (tertiary alicyclic amines) is 2. The molecule has 0 spiro atoms. The van der Waals surface area contributed by atoms with Crippen LogP contribution >= 0.6 is 11.6 Å². The quantitative estimate of drug-likeness (QED) is 0.268. The van der Waals surface area contributed by atoms with Crippen LogP contribution < -0.4 is 5.32 Å². The number of nitrogens with one attached hydrogen (secondary N) is 1. The Morgan fingerprint density at radius 3 is 2.00 bits per heavy atom. The van der Waals surface area contributed by atoms with Gasteiger partial charge in [-0.05, 0) is 121 Å². The van der Waals surface area contributed by atoms with Gasteiger partial charge in [-0.3, -0.25) is 4.90 Å². The van der Waals surface area contributed by atoms with Gasteiger partial charge in [-0.25, -0.2) is 9.18 Å². The molecule has 0 unspecified atom stereocenters. The summed E-state index contributed by atoms with van der Waals surface area (Å²) >= 11 is 6.03. The summed E-state index contributed by atoms with van der Waals surface area (Å²) in [7, 11) is 0. The third kappa shape index (κ3) is 6.32. The van der Waals surface area contributed by atoms with Crippen LogP contribution in [-0.2, 0) is 6.54 Å². The highest BCUT2D eigenvalue weighted by Gasteiger charge is 2.24. The molecule has 206 valence electrons. The third-order valence-corrected chi connectivity index (χ3v) is 8.87. The van der Waals surface area contributed by atoms with Crippen LogP contribution in [0.25, 0.3) is 10.8 Å². The van der Waals surface area contributed by atoms with Crippen LogP contribution in [0.4, 0.5) is 14.9 Å². The lowest BCUT2D eigenvalue weighted by Gasteiger charge is -2.32. The van der Waals surface area contributed by atoms with Crippen molar-refractivity contribution in [3.8, 4) is 0 Å². The first kappa shape index (κ1) is 26.8. The first-order valence-corrected chi connectivity index (χ1v) is 14.7. The second kappa shape index (κ2) is 12.0. The first-order chi connectivity index (χ1) is 19.5. The maximum Gasteiger partial charge on any atom is 0.321 e. The Balaban J connectivity index is 1.01. The molecule has 1 N–H and O–H groups in total. The van der Waals surface area contributed by atoms with E-state index in [9.17, 15) is 9.18 Å². The highest BCUT2D eigenvalue weighted by atomic mass is 35.5. The fraction of sp³-hybridized carbons (Fsp3) is 0.324. The van der Waals surface area contributed by atoms with E-state index in [0.29, 0.717) is 11.8 Å². The number of halogens is 2. The lowest BCUT2D eigenvalue weighted by atomic mass is 9.89. The predicted octanol–water partition coefficient (Wildman–Crippen LogP) is 8.42. The molecule has 0 aliphatic carbocycles. The van der Waals surface area contributed by atoms with E-state index in [-0.39, 0.29) is 11.8 Å². The van der Waals surface area contributed by atoms with E-state index in [1.165, 1.54) is 22.1 Å². The molecule has 2 aliphatic rings. The number of hydrogen-bond acceptors (Lipinski definition) is 2. The van der Waals surface area contributed by atoms with Gasteiger partial charge in [0, 0.05) is 30.3 Å². The number of piperidine rings is 2. The van der Waals surface area contributed by atoms with Gasteiger partial charge in [0.1, 0.15) is 5.82 Å². The lowest BCUT2D eigenvalue weighted by molar-refractivity contribution is 0.194. The Hall–Kier alpha value is -3.41. The van der Waals surface area contributed by atoms with Gasteiger partial charge in [0.15, 0.2) is 0 Å². The molecule has 6 rings (SSSR count). The van der Waals surface area contributed by atoms with Crippen molar-refractivity contribution in [2.24, 2.45) is 0 Å². The Labute approximate surface area is 240 Å². The number of nitrogens with zero attached hydrogens (tertiary/aromatic N) is 2. The minimum absolute atomic E-state index is 0.0328. The number of urea groups is 1. The Morgan fingerprint density at radius 2 is 1.32 bits per heavy atom. The van der Waals surface area contributed by atoms with Crippen LogP contribution in [0, 0.1) is 5.82 Å². The van der Waals surface area contributed by atoms with Crippen LogP contribution in [0.2, 0.25) is 5.02 Å². The third-order valence-electron chi connectivity index (χ3n) is 8.61. The average Bonchev–Trinajstić information content (AvgIpc) is 2.98. The molecule has 4 aromatic carbocycles. The van der Waals surface area contributed by atoms with Gasteiger partial charge in [0.05, 0.1) is 0 Å². The molecular weight excluding hydrogens is 521 g/mol. The molecule has 4 aromatic rings. The molecule has 40 heavy (non-hydrogen) atoms. The van der Waals surface area contributed by atoms with E-state index in [0.717, 1.165) is 74.5 Å². The van der Waals surface area contributed by atoms with Crippen LogP contribution in [-0.4, -0.2) is 42.0 Å². The Morgan fingerprint density at radius 1 is 0.750 bits per heavy atom. The number of amides is 2. The minimum atomic E-state index is -0.169. The molecule has 6 heteroatoms. The van der Waals surface area contributed by atoms with Crippen molar-refractivity contribution in [2.45, 2.75) is 44.1 Å². The van der Waals surface area contributed by atoms with Gasteiger partial charge < -0.3 is 10.2 Å². The summed E-state index contributed by atoms with van der Waals surface area (Å²) in [5.41, 5.74) is 4.67. The molecule has 2 amide bonds. The molecule has 0 bridgehead atoms. The molecule has 2 aliphatic heterocycles. The maximum absolute atomic E-state index is 13.3. The molecule has 0 atom stereocenters. The number of carbonyl (C=O) groups is 1. The fourth-order valence-corrected chi connectivity index (χ4v) is 6.37. The second-order valence-corrected chi connectivity index (χ2v) is 11.7. The molecule has 2 fully saturated rings. The summed E-state index contributed by atoms with van der Waals surface area (Å²) < 4.78 is 13.3. The van der Waals surface area contributed by atoms with Crippen molar-refractivity contribution in [1.29, 1.82) is 0 Å². The molecular formula is C34H35ClFN3O. The molecule has 0 radical (unpaired) electrons. The largest absolute Gasteiger partial charge is 0.324 e. The monoisotopic (exact) mass is 555 g/mol. The van der Waals surface area contributed by atoms with E-state index in [2.05, 4.69) is 52.7 Å². The van der Waals surface area contributed by atoms with Crippen molar-refractivity contribution in [3.05, 3.63) is 112 Å². The molecule has 0 saturated carbocycles. The lowest BCUT2D eigenvalue weighted by Crippen LogP contribution is -2.40. The fourth-order valence-electron chi connectivity index (χ4n) is 6.24. The number of rotatable bonds is 5. The van der Waals surface area contributed by atoms with E-state index in [1.54, 1.807) is 12.1 Å². The number of benzene rings is 4. The van der Waals surface area contributed by atoms with E-state index < -0.39 is 0 Å². The van der Waals surface area contributed by atoms with Crippen LogP contribution in [0.15, 0.2) is 84.9 Å². The standard InChI is InChI=1S/C34H35ClFN3O/c35-31-8-3-25(4-9-31)28-15-19-39(20-16-28)34(40)37-33-12-7-29-21-24(1-2-30(29)22-33)23-38-17-13-27(14-18-38)26-5-10-32(36)11-6-26/h1-12,21-22,27-28H,13-20,23H2,(H,37,40). The summed E-state index contributed by atoms with van der Waals surface area (Å²) in [6.45, 7) is 4.51. The number of carbonyl (C=O) groups excluding carboxylic acids is 1. The van der Waals surface area contributed by atoms with Gasteiger partial charge in [-0.1, -0.05) is 54.1 Å². The zero-order chi connectivity index (χ0) is 27.5. The van der Waals surface area contributed by atoms with Crippen molar-refractivity contribution >= 4 is 34.1 Å². The summed E-state index contributed by atoms with van der Waals surface area (Å²) in [6, 6.07) is 27.8. The summed E-state index contributed by atoms with van der Waals surface area (Å²) in [5, 5.41) is 6.17. The van der Waals surface area contributed by atoms with Gasteiger partial charge in [0.2, 0.25) is 0 Å². The summed E-state index contributed by atoms with van der Waals surface area (Å²) in [6.07, 6.45) is 4.11. The number of hydrogen-bond donors (Lipinski definition) is 1. The van der Waals surface area contributed by atoms with Crippen LogP contribution in [0.3, 0.4) is 0 Å². The summed E-state index contributed by atoms with van der Waals surface area (Å²) in [5.74, 6) is 0.812. The molecule has 4 nitrogen and oxygen atoms in total. The number of fused-ring (bicyclic) bond motifs is 1. The number of anilines is 1. The van der Waals surface area contributed by atoms with Crippen molar-refractivity contribution in [1.82, 2.24) is 9.80 Å². The van der Waals surface area contributed by atoms with E-state index >= 15 is 0 Å². The van der Waals surface area contributed by atoms with E-state index in [4.69, 9.17) is 11.6 Å². The zero-order valence-corrected chi connectivity index (χ0v) is 23.4. The van der Waals surface area contributed by atoms with Gasteiger partial charge in [-0.2, -0.15) is 0 Å². The normalized spacial score (nSPS) is 17.3. The zero-order valence-electron chi connectivity index (χ0n) is 22.7. The Bertz CT molecular complexity index is 1460. The van der Waals surface area contributed by atoms with Crippen molar-refractivity contribution < 1.29 is 9.18 Å². The Kier molecular flexibility index (Phi) is 8.03. The van der Waals surface area contributed by atoms with Crippen LogP contribution in [0.5, 0.6) is 0 Å². The topological polar surface area (TPSA) is 35.6 Å². The second-order valence-electron chi connectivity index (χ2n) is 11.2. The highest BCUT2D eigenvalue weighted by Crippen LogP contribution is 2.31. The molecule has 2 saturated heterocycles. The van der Waals surface area contributed by atoms with Gasteiger partial charge in [-0.15, -0.1) is 0 Å². The van der Waals surface area contributed by atoms with Crippen LogP contribution in [0.1, 0.15) is 54.2 Å². The van der Waals surface area contributed by atoms with Gasteiger partial charge in [0.25, 0.3) is 0 Å². The SMILES string of the molecule is O=C(Nc1ccc2cc(CN3CCC(c4ccc(F)cc4)CC3)ccc2c1)N1CCC(c2ccc(Cl)cc2)CC1. The van der Waals surface area contributed by atoms with E-state index in [1.807, 2.05) is 35.2 Å². The minimum Gasteiger partial charge on any atom is -0.324 e. The molecule has 0 aromatic heterocycles. The predicted molar refractivity (Wildman–Crippen MR) is 162 cm³/mol. The maximum atomic E-state index is 13.3. The first-order valence-electron chi connectivity index (χ1n) is 14.3. The highest BCUT2D eigenvalue weighted by molar-refractivity contribution is 6.30. The van der Waals surface area contributed by atoms with Crippen molar-refractivity contribution in [3.63, 3.8) is 0 Å². The van der Waals surface area contributed by atoms with Crippen molar-refractivity contribution in [2.75, 3.05) is 31.5 Å². The smallest absolute Gasteiger partial charge is 0.321 e. The van der Waals surface area contributed by atoms with Gasteiger partial charge >= 0.3 is 6.03 Å².